The van der Waals surface area contributed by atoms with Gasteiger partial charge in [-0.1, -0.05) is 0 Å². The lowest BCUT2D eigenvalue weighted by Crippen LogP contribution is -2.62. The summed E-state index contributed by atoms with van der Waals surface area (Å²) in [6.45, 7) is 0.232. The molecule has 0 aliphatic heterocycles. The maximum Gasteiger partial charge on any atom is 0.422 e. The standard InChI is InChI=1S/C7H10F3NO5S/c1-6(5(13)14,7(8,9)10)11-4(12)3-17(2,15)16/h3H2,1-2H3,(H,11,12)(H,13,14). The first-order valence-electron chi connectivity index (χ1n) is 4.08. The smallest absolute Gasteiger partial charge is 0.422 e. The fourth-order valence-corrected chi connectivity index (χ4v) is 1.35. The van der Waals surface area contributed by atoms with Crippen LogP contribution in [0.2, 0.25) is 0 Å². The van der Waals surface area contributed by atoms with Crippen molar-refractivity contribution in [1.82, 2.24) is 5.32 Å². The number of sulfone groups is 1. The van der Waals surface area contributed by atoms with Gasteiger partial charge in [-0.05, 0) is 6.92 Å². The molecule has 0 fully saturated rings. The summed E-state index contributed by atoms with van der Waals surface area (Å²) in [6, 6.07) is 0. The first-order valence-corrected chi connectivity index (χ1v) is 6.14. The molecule has 0 radical (unpaired) electrons. The van der Waals surface area contributed by atoms with Crippen molar-refractivity contribution in [2.45, 2.75) is 18.6 Å². The molecule has 0 aliphatic rings. The van der Waals surface area contributed by atoms with E-state index in [-0.39, 0.29) is 6.92 Å². The molecule has 0 saturated carbocycles. The molecule has 0 rings (SSSR count). The van der Waals surface area contributed by atoms with Crippen LogP contribution in [-0.2, 0) is 19.4 Å². The van der Waals surface area contributed by atoms with Gasteiger partial charge in [-0.2, -0.15) is 13.2 Å². The molecule has 0 heterocycles. The van der Waals surface area contributed by atoms with Gasteiger partial charge in [0.15, 0.2) is 9.84 Å². The number of hydrogen-bond donors (Lipinski definition) is 2. The van der Waals surface area contributed by atoms with Gasteiger partial charge in [-0.3, -0.25) is 4.79 Å². The van der Waals surface area contributed by atoms with Gasteiger partial charge in [-0.25, -0.2) is 13.2 Å². The number of hydrogen-bond acceptors (Lipinski definition) is 4. The number of carboxylic acid groups (broad SMARTS) is 1. The van der Waals surface area contributed by atoms with Crippen LogP contribution in [0.5, 0.6) is 0 Å². The van der Waals surface area contributed by atoms with Crippen molar-refractivity contribution in [1.29, 1.82) is 0 Å². The molecule has 6 nitrogen and oxygen atoms in total. The van der Waals surface area contributed by atoms with E-state index in [1.165, 1.54) is 0 Å². The average Bonchev–Trinajstić information content (AvgIpc) is 1.96. The van der Waals surface area contributed by atoms with Crippen LogP contribution in [0.3, 0.4) is 0 Å². The molecule has 1 amide bonds. The zero-order chi connectivity index (χ0) is 14.1. The molecule has 0 aromatic carbocycles. The predicted octanol–water partition coefficient (Wildman–Crippen LogP) is -0.447. The Morgan fingerprint density at radius 1 is 1.29 bits per heavy atom. The molecule has 0 aliphatic carbocycles. The highest BCUT2D eigenvalue weighted by molar-refractivity contribution is 7.91. The third-order valence-electron chi connectivity index (χ3n) is 1.78. The number of rotatable bonds is 4. The van der Waals surface area contributed by atoms with E-state index < -0.39 is 39.2 Å². The van der Waals surface area contributed by atoms with Crippen LogP contribution < -0.4 is 5.32 Å². The van der Waals surface area contributed by atoms with Gasteiger partial charge in [-0.15, -0.1) is 0 Å². The molecule has 0 aromatic heterocycles. The first-order chi connectivity index (χ1) is 7.29. The Kier molecular flexibility index (Phi) is 4.16. The van der Waals surface area contributed by atoms with E-state index in [1.807, 2.05) is 0 Å². The van der Waals surface area contributed by atoms with Gasteiger partial charge in [0.05, 0.1) is 0 Å². The van der Waals surface area contributed by atoms with Gasteiger partial charge in [0.25, 0.3) is 0 Å². The number of alkyl halides is 3. The van der Waals surface area contributed by atoms with Crippen LogP contribution in [0.1, 0.15) is 6.92 Å². The molecule has 100 valence electrons. The maximum atomic E-state index is 12.4. The number of halogens is 3. The van der Waals surface area contributed by atoms with E-state index in [9.17, 15) is 31.2 Å². The quantitative estimate of drug-likeness (QED) is 0.725. The second-order valence-corrected chi connectivity index (χ2v) is 5.69. The second kappa shape index (κ2) is 4.51. The summed E-state index contributed by atoms with van der Waals surface area (Å²) in [5.74, 6) is -5.08. The summed E-state index contributed by atoms with van der Waals surface area (Å²) in [5.41, 5.74) is -3.52. The largest absolute Gasteiger partial charge is 0.479 e. The van der Waals surface area contributed by atoms with E-state index in [4.69, 9.17) is 5.11 Å². The molecule has 0 saturated heterocycles. The first kappa shape index (κ1) is 15.7. The highest BCUT2D eigenvalue weighted by Gasteiger charge is 2.58. The number of nitrogens with one attached hydrogen (secondary N) is 1. The molecule has 1 atom stereocenters. The number of amides is 1. The third-order valence-corrected chi connectivity index (χ3v) is 2.56. The maximum absolute atomic E-state index is 12.4. The normalized spacial score (nSPS) is 16.1. The second-order valence-electron chi connectivity index (χ2n) is 3.55. The van der Waals surface area contributed by atoms with Gasteiger partial charge in [0, 0.05) is 6.26 Å². The summed E-state index contributed by atoms with van der Waals surface area (Å²) in [7, 11) is -3.84. The van der Waals surface area contributed by atoms with Crippen molar-refractivity contribution in [3.05, 3.63) is 0 Å². The van der Waals surface area contributed by atoms with Crippen LogP contribution in [-0.4, -0.2) is 49.1 Å². The number of carboxylic acids is 1. The van der Waals surface area contributed by atoms with Gasteiger partial charge < -0.3 is 10.4 Å². The van der Waals surface area contributed by atoms with E-state index in [0.717, 1.165) is 5.32 Å². The molecule has 0 aromatic rings. The Labute approximate surface area is 94.7 Å². The number of aliphatic carboxylic acids is 1. The molecule has 0 spiro atoms. The zero-order valence-corrected chi connectivity index (χ0v) is 9.65. The van der Waals surface area contributed by atoms with E-state index >= 15 is 0 Å². The van der Waals surface area contributed by atoms with Crippen molar-refractivity contribution in [2.75, 3.05) is 12.0 Å². The van der Waals surface area contributed by atoms with Gasteiger partial charge in [0.2, 0.25) is 11.4 Å². The number of carbonyl (C=O) groups excluding carboxylic acids is 1. The van der Waals surface area contributed by atoms with Crippen molar-refractivity contribution in [3.63, 3.8) is 0 Å². The van der Waals surface area contributed by atoms with Gasteiger partial charge >= 0.3 is 12.1 Å². The molecular formula is C7H10F3NO5S. The third kappa shape index (κ3) is 4.21. The fraction of sp³-hybridized carbons (Fsp3) is 0.714. The lowest BCUT2D eigenvalue weighted by atomic mass is 10.0. The minimum absolute atomic E-state index is 0.232. The highest BCUT2D eigenvalue weighted by atomic mass is 32.2. The monoisotopic (exact) mass is 277 g/mol. The Hall–Kier alpha value is -1.32. The Bertz CT molecular complexity index is 429. The molecule has 2 N–H and O–H groups in total. The zero-order valence-electron chi connectivity index (χ0n) is 8.83. The van der Waals surface area contributed by atoms with Crippen molar-refractivity contribution < 1.29 is 36.3 Å². The summed E-state index contributed by atoms with van der Waals surface area (Å²) in [6.07, 6.45) is -4.61. The SMILES string of the molecule is CC(NC(=O)CS(C)(=O)=O)(C(=O)O)C(F)(F)F. The van der Waals surface area contributed by atoms with Crippen LogP contribution in [0.15, 0.2) is 0 Å². The van der Waals surface area contributed by atoms with Gasteiger partial charge in [0.1, 0.15) is 5.75 Å². The van der Waals surface area contributed by atoms with Crippen LogP contribution in [0, 0.1) is 0 Å². The predicted molar refractivity (Wildman–Crippen MR) is 49.9 cm³/mol. The number of carbonyl (C=O) groups is 2. The lowest BCUT2D eigenvalue weighted by molar-refractivity contribution is -0.206. The van der Waals surface area contributed by atoms with E-state index in [0.29, 0.717) is 6.26 Å². The summed E-state index contributed by atoms with van der Waals surface area (Å²) >= 11 is 0. The minimum Gasteiger partial charge on any atom is -0.479 e. The van der Waals surface area contributed by atoms with Crippen molar-refractivity contribution in [3.8, 4) is 0 Å². The highest BCUT2D eigenvalue weighted by Crippen LogP contribution is 2.30. The molecule has 10 heteroatoms. The minimum atomic E-state index is -5.24. The summed E-state index contributed by atoms with van der Waals surface area (Å²) in [5, 5.41) is 9.58. The molecule has 0 bridgehead atoms. The van der Waals surface area contributed by atoms with Crippen LogP contribution in [0.25, 0.3) is 0 Å². The average molecular weight is 277 g/mol. The van der Waals surface area contributed by atoms with E-state index in [2.05, 4.69) is 0 Å². The fourth-order valence-electron chi connectivity index (χ4n) is 0.799. The Morgan fingerprint density at radius 3 is 1.94 bits per heavy atom. The van der Waals surface area contributed by atoms with Crippen LogP contribution in [0.4, 0.5) is 13.2 Å². The molecule has 17 heavy (non-hydrogen) atoms. The van der Waals surface area contributed by atoms with Crippen LogP contribution >= 0.6 is 0 Å². The van der Waals surface area contributed by atoms with Crippen molar-refractivity contribution in [2.24, 2.45) is 0 Å². The summed E-state index contributed by atoms with van der Waals surface area (Å²) < 4.78 is 58.5. The van der Waals surface area contributed by atoms with Crippen molar-refractivity contribution >= 4 is 21.7 Å². The molecule has 1 unspecified atom stereocenters. The molecular weight excluding hydrogens is 267 g/mol. The van der Waals surface area contributed by atoms with E-state index in [1.54, 1.807) is 0 Å². The topological polar surface area (TPSA) is 101 Å². The summed E-state index contributed by atoms with van der Waals surface area (Å²) in [4.78, 5) is 21.5. The lowest BCUT2D eigenvalue weighted by Gasteiger charge is -2.28. The Morgan fingerprint density at radius 2 is 1.71 bits per heavy atom. The Balaban J connectivity index is 5.06.